The van der Waals surface area contributed by atoms with Gasteiger partial charge >= 0.3 is 0 Å². The lowest BCUT2D eigenvalue weighted by molar-refractivity contribution is 0.182. The van der Waals surface area contributed by atoms with E-state index in [1.807, 2.05) is 6.20 Å². The van der Waals surface area contributed by atoms with Crippen molar-refractivity contribution in [2.75, 3.05) is 0 Å². The second kappa shape index (κ2) is 8.89. The van der Waals surface area contributed by atoms with Gasteiger partial charge in [-0.1, -0.05) is 99.6 Å². The Labute approximate surface area is 198 Å². The first-order valence-corrected chi connectivity index (χ1v) is 14.2. The maximum atomic E-state index is 7.51. The van der Waals surface area contributed by atoms with Crippen LogP contribution in [0.15, 0.2) is 91.1 Å². The number of aryl methyl sites for hydroxylation is 1. The van der Waals surface area contributed by atoms with Crippen molar-refractivity contribution in [3.63, 3.8) is 0 Å². The number of nitrogens with zero attached hydrogens (tertiary/aromatic N) is 1. The number of pyridine rings is 1. The van der Waals surface area contributed by atoms with E-state index in [1.54, 1.807) is 0 Å². The molecule has 0 radical (unpaired) electrons. The van der Waals surface area contributed by atoms with Gasteiger partial charge in [0, 0.05) is 18.0 Å². The largest absolute Gasteiger partial charge is 0.405 e. The summed E-state index contributed by atoms with van der Waals surface area (Å²) in [5, 5.41) is 4.04. The fraction of sp³-hybridized carbons (Fsp3) is 0.300. The molecule has 4 aromatic rings. The van der Waals surface area contributed by atoms with Crippen LogP contribution in [0.3, 0.4) is 0 Å². The van der Waals surface area contributed by atoms with Gasteiger partial charge in [0.05, 0.1) is 11.8 Å². The predicted octanol–water partition coefficient (Wildman–Crippen LogP) is 7.13. The first kappa shape index (κ1) is 22.1. The van der Waals surface area contributed by atoms with Crippen molar-refractivity contribution < 1.29 is 4.43 Å². The summed E-state index contributed by atoms with van der Waals surface area (Å²) in [6.07, 6.45) is 5.05. The van der Waals surface area contributed by atoms with Crippen LogP contribution in [0.2, 0.25) is 11.1 Å². The molecule has 2 nitrogen and oxygen atoms in total. The maximum absolute atomic E-state index is 7.51. The van der Waals surface area contributed by atoms with Crippen LogP contribution in [-0.2, 0) is 17.3 Å². The Morgan fingerprint density at radius 2 is 1.61 bits per heavy atom. The van der Waals surface area contributed by atoms with Crippen molar-refractivity contribution in [3.8, 4) is 0 Å². The van der Waals surface area contributed by atoms with Crippen molar-refractivity contribution in [2.24, 2.45) is 0 Å². The topological polar surface area (TPSA) is 22.1 Å². The fourth-order valence-corrected chi connectivity index (χ4v) is 10.4. The second-order valence-electron chi connectivity index (χ2n) is 10.3. The van der Waals surface area contributed by atoms with Gasteiger partial charge < -0.3 is 4.43 Å². The van der Waals surface area contributed by atoms with E-state index in [2.05, 4.69) is 106 Å². The molecule has 168 valence electrons. The number of rotatable bonds is 5. The van der Waals surface area contributed by atoms with Gasteiger partial charge in [-0.3, -0.25) is 4.98 Å². The van der Waals surface area contributed by atoms with Gasteiger partial charge in [0.15, 0.2) is 0 Å². The zero-order valence-corrected chi connectivity index (χ0v) is 20.9. The molecule has 1 aliphatic rings. The number of benzene rings is 3. The van der Waals surface area contributed by atoms with E-state index in [-0.39, 0.29) is 11.1 Å². The highest BCUT2D eigenvalue weighted by molar-refractivity contribution is 6.89. The van der Waals surface area contributed by atoms with Crippen LogP contribution in [0.25, 0.3) is 10.8 Å². The average Bonchev–Trinajstić information content (AvgIpc) is 2.84. The number of hydrogen-bond donors (Lipinski definition) is 0. The quantitative estimate of drug-likeness (QED) is 0.301. The SMILES string of the molecule is CC(C)(C)[Si]1(O[C@@H](Cc2nccc3ccccc23)c2ccccc2)CCCc2ccccc21. The van der Waals surface area contributed by atoms with Gasteiger partial charge in [-0.25, -0.2) is 0 Å². The van der Waals surface area contributed by atoms with Crippen LogP contribution in [0.4, 0.5) is 0 Å². The lowest BCUT2D eigenvalue weighted by Gasteiger charge is -2.48. The number of fused-ring (bicyclic) bond motifs is 2. The molecule has 33 heavy (non-hydrogen) atoms. The van der Waals surface area contributed by atoms with Gasteiger partial charge in [-0.15, -0.1) is 0 Å². The Morgan fingerprint density at radius 1 is 0.879 bits per heavy atom. The van der Waals surface area contributed by atoms with E-state index in [0.717, 1.165) is 18.5 Å². The summed E-state index contributed by atoms with van der Waals surface area (Å²) < 4.78 is 7.51. The van der Waals surface area contributed by atoms with Crippen LogP contribution >= 0.6 is 0 Å². The monoisotopic (exact) mass is 451 g/mol. The van der Waals surface area contributed by atoms with E-state index in [0.29, 0.717) is 0 Å². The highest BCUT2D eigenvalue weighted by Crippen LogP contribution is 2.46. The predicted molar refractivity (Wildman–Crippen MR) is 140 cm³/mol. The number of aromatic nitrogens is 1. The molecule has 5 rings (SSSR count). The third-order valence-electron chi connectivity index (χ3n) is 7.29. The van der Waals surface area contributed by atoms with Crippen LogP contribution in [0.5, 0.6) is 0 Å². The minimum absolute atomic E-state index is 0.0263. The Morgan fingerprint density at radius 3 is 2.42 bits per heavy atom. The van der Waals surface area contributed by atoms with E-state index in [9.17, 15) is 0 Å². The van der Waals surface area contributed by atoms with Crippen molar-refractivity contribution in [1.82, 2.24) is 4.98 Å². The lowest BCUT2D eigenvalue weighted by Crippen LogP contribution is -2.61. The van der Waals surface area contributed by atoms with Crippen molar-refractivity contribution in [3.05, 3.63) is 108 Å². The van der Waals surface area contributed by atoms with E-state index in [1.165, 1.54) is 39.6 Å². The van der Waals surface area contributed by atoms with Crippen molar-refractivity contribution in [2.45, 2.75) is 57.2 Å². The molecule has 1 aliphatic heterocycles. The summed E-state index contributed by atoms with van der Waals surface area (Å²) >= 11 is 0. The molecule has 0 saturated carbocycles. The molecule has 3 heteroatoms. The zero-order valence-electron chi connectivity index (χ0n) is 19.9. The van der Waals surface area contributed by atoms with Crippen molar-refractivity contribution in [1.29, 1.82) is 0 Å². The highest BCUT2D eigenvalue weighted by Gasteiger charge is 2.51. The van der Waals surface area contributed by atoms with Gasteiger partial charge in [0.1, 0.15) is 0 Å². The smallest absolute Gasteiger partial charge is 0.230 e. The second-order valence-corrected chi connectivity index (χ2v) is 14.7. The minimum atomic E-state index is -2.30. The molecule has 2 atom stereocenters. The zero-order chi connectivity index (χ0) is 22.9. The third kappa shape index (κ3) is 4.16. The molecule has 0 aliphatic carbocycles. The Kier molecular flexibility index (Phi) is 5.94. The molecule has 0 fully saturated rings. The highest BCUT2D eigenvalue weighted by atomic mass is 28.4. The summed E-state index contributed by atoms with van der Waals surface area (Å²) in [4.78, 5) is 4.83. The third-order valence-corrected chi connectivity index (χ3v) is 12.8. The van der Waals surface area contributed by atoms with Gasteiger partial charge in [0.2, 0.25) is 8.32 Å². The Bertz CT molecular complexity index is 1240. The first-order chi connectivity index (χ1) is 16.0. The van der Waals surface area contributed by atoms with Gasteiger partial charge in [-0.2, -0.15) is 0 Å². The van der Waals surface area contributed by atoms with E-state index < -0.39 is 8.32 Å². The minimum Gasteiger partial charge on any atom is -0.405 e. The standard InChI is InChI=1S/C30H33NOSi/c1-30(2,3)33(21-11-16-25-15-8-10-18-29(25)33)32-28(24-13-5-4-6-14-24)22-27-26-17-9-7-12-23(26)19-20-31-27/h4-10,12-15,17-20,28H,11,16,21-22H2,1-3H3/t28-,33?/m0/s1. The summed E-state index contributed by atoms with van der Waals surface area (Å²) in [6, 6.07) is 31.6. The molecule has 0 saturated heterocycles. The maximum Gasteiger partial charge on any atom is 0.230 e. The molecule has 3 aromatic carbocycles. The Balaban J connectivity index is 1.62. The molecular formula is C30H33NOSi. The van der Waals surface area contributed by atoms with Crippen LogP contribution in [-0.4, -0.2) is 13.3 Å². The van der Waals surface area contributed by atoms with Gasteiger partial charge in [0.25, 0.3) is 0 Å². The molecular weight excluding hydrogens is 418 g/mol. The number of hydrogen-bond acceptors (Lipinski definition) is 2. The summed E-state index contributed by atoms with van der Waals surface area (Å²) in [6.45, 7) is 7.17. The Hall–Kier alpha value is -2.75. The van der Waals surface area contributed by atoms with E-state index in [4.69, 9.17) is 9.41 Å². The fourth-order valence-electron chi connectivity index (χ4n) is 5.53. The van der Waals surface area contributed by atoms with Crippen molar-refractivity contribution >= 4 is 24.3 Å². The van der Waals surface area contributed by atoms with Crippen LogP contribution in [0, 0.1) is 0 Å². The molecule has 0 amide bonds. The summed E-state index contributed by atoms with van der Waals surface area (Å²) in [5.74, 6) is 0. The van der Waals surface area contributed by atoms with E-state index >= 15 is 0 Å². The molecule has 0 bridgehead atoms. The van der Waals surface area contributed by atoms with Gasteiger partial charge in [-0.05, 0) is 51.7 Å². The molecule has 1 unspecified atom stereocenters. The molecule has 0 N–H and O–H groups in total. The molecule has 0 spiro atoms. The first-order valence-electron chi connectivity index (χ1n) is 12.1. The van der Waals surface area contributed by atoms with Crippen LogP contribution in [0.1, 0.15) is 50.1 Å². The normalized spacial score (nSPS) is 19.2. The lowest BCUT2D eigenvalue weighted by atomic mass is 10.0. The molecule has 1 aromatic heterocycles. The summed E-state index contributed by atoms with van der Waals surface area (Å²) in [5.41, 5.74) is 3.84. The average molecular weight is 452 g/mol. The van der Waals surface area contributed by atoms with Crippen LogP contribution < -0.4 is 5.19 Å². The summed E-state index contributed by atoms with van der Waals surface area (Å²) in [7, 11) is -2.30. The molecule has 2 heterocycles.